The number of rotatable bonds is 7. The lowest BCUT2D eigenvalue weighted by Crippen LogP contribution is -2.27. The van der Waals surface area contributed by atoms with E-state index in [0.29, 0.717) is 6.54 Å². The molecule has 0 bridgehead atoms. The fourth-order valence-corrected chi connectivity index (χ4v) is 2.34. The molecule has 2 rings (SSSR count). The molecule has 1 aromatic carbocycles. The smallest absolute Gasteiger partial charge is 0.119 e. The van der Waals surface area contributed by atoms with Gasteiger partial charge in [0.1, 0.15) is 5.75 Å². The summed E-state index contributed by atoms with van der Waals surface area (Å²) in [5.41, 5.74) is 3.57. The Labute approximate surface area is 125 Å². The molecule has 5 heteroatoms. The van der Waals surface area contributed by atoms with Gasteiger partial charge in [-0.2, -0.15) is 0 Å². The first kappa shape index (κ1) is 15.5. The second-order valence-corrected chi connectivity index (χ2v) is 5.22. The van der Waals surface area contributed by atoms with Crippen LogP contribution in [0.1, 0.15) is 16.8 Å². The van der Waals surface area contributed by atoms with Crippen molar-refractivity contribution < 1.29 is 9.84 Å². The van der Waals surface area contributed by atoms with Crippen molar-refractivity contribution in [3.8, 4) is 5.75 Å². The molecule has 0 aliphatic rings. The Morgan fingerprint density at radius 2 is 2.14 bits per heavy atom. The number of hydrogen-bond donors (Lipinski definition) is 1. The number of hydrogen-bond acceptors (Lipinski definition) is 4. The second kappa shape index (κ2) is 7.24. The third-order valence-corrected chi connectivity index (χ3v) is 3.66. The Bertz CT molecular complexity index is 581. The van der Waals surface area contributed by atoms with Crippen molar-refractivity contribution in [3.05, 3.63) is 47.5 Å². The average Bonchev–Trinajstić information content (AvgIpc) is 2.86. The third kappa shape index (κ3) is 4.06. The molecule has 0 spiro atoms. The summed E-state index contributed by atoms with van der Waals surface area (Å²) in [7, 11) is 3.66. The van der Waals surface area contributed by atoms with Gasteiger partial charge in [-0.1, -0.05) is 6.07 Å². The molecule has 5 nitrogen and oxygen atoms in total. The van der Waals surface area contributed by atoms with Crippen molar-refractivity contribution in [1.29, 1.82) is 0 Å². The van der Waals surface area contributed by atoms with Gasteiger partial charge in [0.15, 0.2) is 0 Å². The maximum absolute atomic E-state index is 9.28. The van der Waals surface area contributed by atoms with Crippen molar-refractivity contribution in [2.75, 3.05) is 20.3 Å². The predicted molar refractivity (Wildman–Crippen MR) is 82.1 cm³/mol. The fraction of sp³-hybridized carbons (Fsp3) is 0.438. The SMILES string of the molecule is COc1ccc(CN(CCO)Cc2cncn2C)c(C)c1. The summed E-state index contributed by atoms with van der Waals surface area (Å²) < 4.78 is 7.24. The van der Waals surface area contributed by atoms with Gasteiger partial charge in [0.2, 0.25) is 0 Å². The summed E-state index contributed by atoms with van der Waals surface area (Å²) in [4.78, 5) is 6.35. The van der Waals surface area contributed by atoms with Gasteiger partial charge in [0.25, 0.3) is 0 Å². The van der Waals surface area contributed by atoms with Gasteiger partial charge in [0.05, 0.1) is 25.7 Å². The summed E-state index contributed by atoms with van der Waals surface area (Å²) in [5.74, 6) is 0.872. The van der Waals surface area contributed by atoms with E-state index >= 15 is 0 Å². The van der Waals surface area contributed by atoms with Crippen LogP contribution in [0.2, 0.25) is 0 Å². The molecule has 0 saturated carbocycles. The summed E-state index contributed by atoms with van der Waals surface area (Å²) in [5, 5.41) is 9.28. The first-order chi connectivity index (χ1) is 10.1. The molecule has 1 aromatic heterocycles. The van der Waals surface area contributed by atoms with Gasteiger partial charge in [0, 0.05) is 32.9 Å². The Kier molecular flexibility index (Phi) is 5.36. The van der Waals surface area contributed by atoms with Crippen LogP contribution in [0.25, 0.3) is 0 Å². The molecule has 1 heterocycles. The average molecular weight is 289 g/mol. The minimum absolute atomic E-state index is 0.146. The van der Waals surface area contributed by atoms with Crippen molar-refractivity contribution in [3.63, 3.8) is 0 Å². The number of aliphatic hydroxyl groups is 1. The van der Waals surface area contributed by atoms with E-state index in [2.05, 4.69) is 22.9 Å². The number of imidazole rings is 1. The van der Waals surface area contributed by atoms with Gasteiger partial charge in [-0.15, -0.1) is 0 Å². The highest BCUT2D eigenvalue weighted by molar-refractivity contribution is 5.34. The zero-order chi connectivity index (χ0) is 15.2. The monoisotopic (exact) mass is 289 g/mol. The lowest BCUT2D eigenvalue weighted by molar-refractivity contribution is 0.181. The van der Waals surface area contributed by atoms with Crippen LogP contribution >= 0.6 is 0 Å². The van der Waals surface area contributed by atoms with Crippen molar-refractivity contribution in [1.82, 2.24) is 14.5 Å². The highest BCUT2D eigenvalue weighted by Crippen LogP contribution is 2.19. The molecule has 114 valence electrons. The highest BCUT2D eigenvalue weighted by Gasteiger charge is 2.11. The van der Waals surface area contributed by atoms with Crippen molar-refractivity contribution >= 4 is 0 Å². The minimum atomic E-state index is 0.146. The number of aromatic nitrogens is 2. The molecule has 0 aliphatic heterocycles. The van der Waals surface area contributed by atoms with Crippen LogP contribution < -0.4 is 4.74 Å². The quantitative estimate of drug-likeness (QED) is 0.843. The van der Waals surface area contributed by atoms with Gasteiger partial charge < -0.3 is 14.4 Å². The molecule has 0 aliphatic carbocycles. The topological polar surface area (TPSA) is 50.5 Å². The first-order valence-corrected chi connectivity index (χ1v) is 7.06. The lowest BCUT2D eigenvalue weighted by atomic mass is 10.1. The zero-order valence-corrected chi connectivity index (χ0v) is 12.9. The molecule has 0 fully saturated rings. The van der Waals surface area contributed by atoms with Crippen LogP contribution in [0.5, 0.6) is 5.75 Å². The Morgan fingerprint density at radius 3 is 2.71 bits per heavy atom. The number of nitrogens with zero attached hydrogens (tertiary/aromatic N) is 3. The van der Waals surface area contributed by atoms with Gasteiger partial charge in [-0.25, -0.2) is 4.98 Å². The first-order valence-electron chi connectivity index (χ1n) is 7.06. The van der Waals surface area contributed by atoms with E-state index in [4.69, 9.17) is 4.74 Å². The van der Waals surface area contributed by atoms with Crippen molar-refractivity contribution in [2.45, 2.75) is 20.0 Å². The lowest BCUT2D eigenvalue weighted by Gasteiger charge is -2.22. The second-order valence-electron chi connectivity index (χ2n) is 5.22. The molecule has 0 radical (unpaired) electrons. The molecule has 0 amide bonds. The van der Waals surface area contributed by atoms with Crippen LogP contribution in [0, 0.1) is 6.92 Å². The minimum Gasteiger partial charge on any atom is -0.497 e. The van der Waals surface area contributed by atoms with E-state index in [1.807, 2.05) is 29.9 Å². The maximum Gasteiger partial charge on any atom is 0.119 e. The van der Waals surface area contributed by atoms with Crippen LogP contribution in [-0.2, 0) is 20.1 Å². The number of ether oxygens (including phenoxy) is 1. The van der Waals surface area contributed by atoms with Gasteiger partial charge in [-0.3, -0.25) is 4.90 Å². The van der Waals surface area contributed by atoms with Crippen LogP contribution in [0.3, 0.4) is 0 Å². The van der Waals surface area contributed by atoms with Crippen LogP contribution in [-0.4, -0.2) is 39.8 Å². The molecule has 0 atom stereocenters. The van der Waals surface area contributed by atoms with E-state index in [-0.39, 0.29) is 6.61 Å². The molecule has 2 aromatic rings. The van der Waals surface area contributed by atoms with Gasteiger partial charge >= 0.3 is 0 Å². The fourth-order valence-electron chi connectivity index (χ4n) is 2.34. The highest BCUT2D eigenvalue weighted by atomic mass is 16.5. The number of methoxy groups -OCH3 is 1. The normalized spacial score (nSPS) is 11.1. The van der Waals surface area contributed by atoms with Gasteiger partial charge in [-0.05, 0) is 30.2 Å². The number of aliphatic hydroxyl groups excluding tert-OH is 1. The molecule has 1 N–H and O–H groups in total. The van der Waals surface area contributed by atoms with E-state index < -0.39 is 0 Å². The maximum atomic E-state index is 9.28. The molecule has 0 unspecified atom stereocenters. The van der Waals surface area contributed by atoms with Crippen molar-refractivity contribution in [2.24, 2.45) is 7.05 Å². The predicted octanol–water partition coefficient (Wildman–Crippen LogP) is 1.73. The van der Waals surface area contributed by atoms with E-state index in [1.165, 1.54) is 11.1 Å². The zero-order valence-electron chi connectivity index (χ0n) is 12.9. The standard InChI is InChI=1S/C16H23N3O2/c1-13-8-16(21-3)5-4-14(13)10-19(6-7-20)11-15-9-17-12-18(15)2/h4-5,8-9,12,20H,6-7,10-11H2,1-3H3. The van der Waals surface area contributed by atoms with Crippen LogP contribution in [0.4, 0.5) is 0 Å². The molecule has 0 saturated heterocycles. The molecular formula is C16H23N3O2. The Balaban J connectivity index is 2.10. The van der Waals surface area contributed by atoms with E-state index in [9.17, 15) is 5.11 Å². The molecular weight excluding hydrogens is 266 g/mol. The van der Waals surface area contributed by atoms with Crippen LogP contribution in [0.15, 0.2) is 30.7 Å². The van der Waals surface area contributed by atoms with E-state index in [0.717, 1.165) is 24.5 Å². The summed E-state index contributed by atoms with van der Waals surface area (Å²) in [6.45, 7) is 4.42. The summed E-state index contributed by atoms with van der Waals surface area (Å²) >= 11 is 0. The Hall–Kier alpha value is -1.85. The van der Waals surface area contributed by atoms with E-state index in [1.54, 1.807) is 13.4 Å². The number of aryl methyl sites for hydroxylation is 2. The summed E-state index contributed by atoms with van der Waals surface area (Å²) in [6.07, 6.45) is 3.66. The number of benzene rings is 1. The third-order valence-electron chi connectivity index (χ3n) is 3.66. The largest absolute Gasteiger partial charge is 0.497 e. The Morgan fingerprint density at radius 1 is 1.33 bits per heavy atom. The summed E-state index contributed by atoms with van der Waals surface area (Å²) in [6, 6.07) is 6.10. The molecule has 21 heavy (non-hydrogen) atoms.